The second-order valence-electron chi connectivity index (χ2n) is 7.29. The number of anilines is 1. The summed E-state index contributed by atoms with van der Waals surface area (Å²) in [4.78, 5) is 30.3. The standard InChI is InChI=1S/C23H25N3O2S/c27-22(17-21-23(28)24-19-10-4-5-11-20(19)29-21)26-15-13-25(14-16-26)12-6-9-18-7-2-1-3-8-18/h1-11,21H,12-17H2,(H,24,28)/b9-6+. The number of thioether (sulfide) groups is 1. The summed E-state index contributed by atoms with van der Waals surface area (Å²) in [5.74, 6) is -0.0109. The van der Waals surface area contributed by atoms with Crippen molar-refractivity contribution in [2.24, 2.45) is 0 Å². The lowest BCUT2D eigenvalue weighted by atomic mass is 10.2. The van der Waals surface area contributed by atoms with Gasteiger partial charge in [0.25, 0.3) is 0 Å². The molecule has 0 bridgehead atoms. The molecule has 4 rings (SSSR count). The molecular formula is C23H25N3O2S. The van der Waals surface area contributed by atoms with Crippen LogP contribution in [-0.4, -0.2) is 59.6 Å². The first-order valence-corrected chi connectivity index (χ1v) is 10.9. The normalized spacial score (nSPS) is 19.8. The number of nitrogens with zero attached hydrogens (tertiary/aromatic N) is 2. The Labute approximate surface area is 175 Å². The minimum atomic E-state index is -0.357. The number of carbonyl (C=O) groups excluding carboxylic acids is 2. The van der Waals surface area contributed by atoms with Crippen molar-refractivity contribution in [2.45, 2.75) is 16.6 Å². The lowest BCUT2D eigenvalue weighted by Gasteiger charge is -2.35. The Morgan fingerprint density at radius 1 is 1.03 bits per heavy atom. The molecule has 6 heteroatoms. The highest BCUT2D eigenvalue weighted by molar-refractivity contribution is 8.01. The second-order valence-corrected chi connectivity index (χ2v) is 8.54. The van der Waals surface area contributed by atoms with Crippen LogP contribution in [0.1, 0.15) is 12.0 Å². The average molecular weight is 408 g/mol. The number of hydrogen-bond acceptors (Lipinski definition) is 4. The zero-order chi connectivity index (χ0) is 20.1. The van der Waals surface area contributed by atoms with Gasteiger partial charge in [-0.3, -0.25) is 14.5 Å². The molecule has 2 aliphatic heterocycles. The summed E-state index contributed by atoms with van der Waals surface area (Å²) in [6, 6.07) is 18.0. The molecule has 1 saturated heterocycles. The molecule has 1 atom stereocenters. The Kier molecular flexibility index (Phi) is 6.32. The minimum Gasteiger partial charge on any atom is -0.340 e. The van der Waals surface area contributed by atoms with Gasteiger partial charge in [-0.2, -0.15) is 0 Å². The van der Waals surface area contributed by atoms with E-state index in [0.29, 0.717) is 13.1 Å². The number of fused-ring (bicyclic) bond motifs is 1. The number of carbonyl (C=O) groups is 2. The van der Waals surface area contributed by atoms with Crippen LogP contribution in [0.2, 0.25) is 0 Å². The van der Waals surface area contributed by atoms with Crippen LogP contribution in [0.5, 0.6) is 0 Å². The Morgan fingerprint density at radius 2 is 1.76 bits per heavy atom. The van der Waals surface area contributed by atoms with Crippen molar-refractivity contribution in [3.63, 3.8) is 0 Å². The summed E-state index contributed by atoms with van der Waals surface area (Å²) in [6.45, 7) is 4.03. The largest absolute Gasteiger partial charge is 0.340 e. The van der Waals surface area contributed by atoms with Gasteiger partial charge in [0.1, 0.15) is 0 Å². The van der Waals surface area contributed by atoms with Crippen molar-refractivity contribution in [1.82, 2.24) is 9.80 Å². The molecule has 2 heterocycles. The molecule has 0 radical (unpaired) electrons. The molecule has 2 aromatic rings. The molecule has 2 aromatic carbocycles. The lowest BCUT2D eigenvalue weighted by Crippen LogP contribution is -2.49. The van der Waals surface area contributed by atoms with E-state index in [2.05, 4.69) is 34.5 Å². The Hall–Kier alpha value is -2.57. The van der Waals surface area contributed by atoms with Crippen LogP contribution >= 0.6 is 11.8 Å². The molecule has 2 amide bonds. The van der Waals surface area contributed by atoms with E-state index < -0.39 is 0 Å². The van der Waals surface area contributed by atoms with Crippen LogP contribution in [0.25, 0.3) is 6.08 Å². The van der Waals surface area contributed by atoms with Gasteiger partial charge in [0.05, 0.1) is 10.9 Å². The monoisotopic (exact) mass is 407 g/mol. The van der Waals surface area contributed by atoms with E-state index in [0.717, 1.165) is 30.2 Å². The van der Waals surface area contributed by atoms with Gasteiger partial charge in [-0.05, 0) is 17.7 Å². The molecular weight excluding hydrogens is 382 g/mol. The second kappa shape index (κ2) is 9.29. The molecule has 0 spiro atoms. The van der Waals surface area contributed by atoms with Crippen LogP contribution in [0.15, 0.2) is 65.6 Å². The first kappa shape index (κ1) is 19.7. The van der Waals surface area contributed by atoms with Gasteiger partial charge in [-0.25, -0.2) is 0 Å². The van der Waals surface area contributed by atoms with Gasteiger partial charge in [0.15, 0.2) is 0 Å². The molecule has 0 saturated carbocycles. The molecule has 5 nitrogen and oxygen atoms in total. The summed E-state index contributed by atoms with van der Waals surface area (Å²) >= 11 is 1.49. The zero-order valence-corrected chi connectivity index (χ0v) is 17.1. The Bertz CT molecular complexity index is 892. The molecule has 1 unspecified atom stereocenters. The van der Waals surface area contributed by atoms with Crippen LogP contribution in [0.3, 0.4) is 0 Å². The third-order valence-electron chi connectivity index (χ3n) is 5.27. The first-order valence-electron chi connectivity index (χ1n) is 9.97. The summed E-state index contributed by atoms with van der Waals surface area (Å²) in [7, 11) is 0. The highest BCUT2D eigenvalue weighted by Crippen LogP contribution is 2.36. The maximum Gasteiger partial charge on any atom is 0.238 e. The summed E-state index contributed by atoms with van der Waals surface area (Å²) < 4.78 is 0. The van der Waals surface area contributed by atoms with Crippen LogP contribution < -0.4 is 5.32 Å². The maximum atomic E-state index is 12.7. The van der Waals surface area contributed by atoms with Crippen molar-refractivity contribution >= 4 is 35.3 Å². The van der Waals surface area contributed by atoms with Crippen molar-refractivity contribution < 1.29 is 9.59 Å². The summed E-state index contributed by atoms with van der Waals surface area (Å²) in [5.41, 5.74) is 2.04. The number of piperazine rings is 1. The van der Waals surface area contributed by atoms with Crippen molar-refractivity contribution in [2.75, 3.05) is 38.0 Å². The van der Waals surface area contributed by atoms with Gasteiger partial charge in [-0.15, -0.1) is 11.8 Å². The molecule has 0 aromatic heterocycles. The smallest absolute Gasteiger partial charge is 0.238 e. The van der Waals surface area contributed by atoms with E-state index in [1.165, 1.54) is 17.3 Å². The van der Waals surface area contributed by atoms with Gasteiger partial charge in [0, 0.05) is 44.0 Å². The topological polar surface area (TPSA) is 52.7 Å². The van der Waals surface area contributed by atoms with Crippen molar-refractivity contribution in [3.8, 4) is 0 Å². The number of amides is 2. The van der Waals surface area contributed by atoms with E-state index in [9.17, 15) is 9.59 Å². The maximum absolute atomic E-state index is 12.7. The molecule has 2 aliphatic rings. The van der Waals surface area contributed by atoms with E-state index in [-0.39, 0.29) is 23.5 Å². The highest BCUT2D eigenvalue weighted by atomic mass is 32.2. The van der Waals surface area contributed by atoms with Crippen LogP contribution in [0, 0.1) is 0 Å². The first-order chi connectivity index (χ1) is 14.2. The quantitative estimate of drug-likeness (QED) is 0.826. The zero-order valence-electron chi connectivity index (χ0n) is 16.3. The number of hydrogen-bond donors (Lipinski definition) is 1. The van der Waals surface area contributed by atoms with Crippen molar-refractivity contribution in [1.29, 1.82) is 0 Å². The van der Waals surface area contributed by atoms with Gasteiger partial charge in [-0.1, -0.05) is 54.6 Å². The van der Waals surface area contributed by atoms with Gasteiger partial charge in [0.2, 0.25) is 11.8 Å². The molecule has 0 aliphatic carbocycles. The fourth-order valence-corrected chi connectivity index (χ4v) is 4.70. The van der Waals surface area contributed by atoms with Crippen molar-refractivity contribution in [3.05, 3.63) is 66.2 Å². The summed E-state index contributed by atoms with van der Waals surface area (Å²) in [6.07, 6.45) is 4.56. The van der Waals surface area contributed by atoms with Crippen LogP contribution in [-0.2, 0) is 9.59 Å². The average Bonchev–Trinajstić information content (AvgIpc) is 2.75. The number of benzene rings is 2. The van der Waals surface area contributed by atoms with Crippen LogP contribution in [0.4, 0.5) is 5.69 Å². The van der Waals surface area contributed by atoms with E-state index in [1.807, 2.05) is 47.4 Å². The Morgan fingerprint density at radius 3 is 2.55 bits per heavy atom. The predicted octanol–water partition coefficient (Wildman–Crippen LogP) is 3.35. The number of rotatable bonds is 5. The van der Waals surface area contributed by atoms with E-state index >= 15 is 0 Å². The molecule has 1 fully saturated rings. The van der Waals surface area contributed by atoms with E-state index in [1.54, 1.807) is 0 Å². The Balaban J connectivity index is 1.24. The van der Waals surface area contributed by atoms with Gasteiger partial charge >= 0.3 is 0 Å². The predicted molar refractivity (Wildman–Crippen MR) is 118 cm³/mol. The number of para-hydroxylation sites is 1. The highest BCUT2D eigenvalue weighted by Gasteiger charge is 2.31. The number of nitrogens with one attached hydrogen (secondary N) is 1. The fraction of sp³-hybridized carbons (Fsp3) is 0.304. The summed E-state index contributed by atoms with van der Waals surface area (Å²) in [5, 5.41) is 2.56. The molecule has 1 N–H and O–H groups in total. The van der Waals surface area contributed by atoms with Gasteiger partial charge < -0.3 is 10.2 Å². The fourth-order valence-electron chi connectivity index (χ4n) is 3.60. The lowest BCUT2D eigenvalue weighted by molar-refractivity contribution is -0.134. The SMILES string of the molecule is O=C1Nc2ccccc2SC1CC(=O)N1CCN(C/C=C/c2ccccc2)CC1. The molecule has 150 valence electrons. The third kappa shape index (κ3) is 5.08. The minimum absolute atomic E-state index is 0.0662. The third-order valence-corrected chi connectivity index (χ3v) is 6.54. The molecule has 29 heavy (non-hydrogen) atoms. The van der Waals surface area contributed by atoms with E-state index in [4.69, 9.17) is 0 Å².